The van der Waals surface area contributed by atoms with Gasteiger partial charge in [0.15, 0.2) is 5.76 Å². The number of amides is 3. The molecule has 1 aliphatic heterocycles. The Hall–Kier alpha value is -3.24. The van der Waals surface area contributed by atoms with Gasteiger partial charge in [-0.25, -0.2) is 4.79 Å². The Morgan fingerprint density at radius 3 is 2.54 bits per heavy atom. The van der Waals surface area contributed by atoms with Gasteiger partial charge in [-0.1, -0.05) is 5.16 Å². The summed E-state index contributed by atoms with van der Waals surface area (Å²) in [5, 5.41) is 14.2. The molecule has 3 aromatic rings. The van der Waals surface area contributed by atoms with E-state index in [4.69, 9.17) is 4.52 Å². The third kappa shape index (κ3) is 7.05. The molecule has 0 saturated carbocycles. The summed E-state index contributed by atoms with van der Waals surface area (Å²) in [5.41, 5.74) is 5.79. The summed E-state index contributed by atoms with van der Waals surface area (Å²) >= 11 is 1.64. The van der Waals surface area contributed by atoms with Gasteiger partial charge in [-0.2, -0.15) is 11.3 Å². The van der Waals surface area contributed by atoms with E-state index in [1.807, 2.05) is 44.0 Å². The zero-order valence-corrected chi connectivity index (χ0v) is 24.7. The van der Waals surface area contributed by atoms with Crippen molar-refractivity contribution in [3.8, 4) is 0 Å². The number of urea groups is 1. The molecule has 210 valence electrons. The van der Waals surface area contributed by atoms with Crippen LogP contribution in [0.5, 0.6) is 0 Å². The molecule has 0 spiro atoms. The molecule has 3 amide bonds. The van der Waals surface area contributed by atoms with Crippen LogP contribution in [0.1, 0.15) is 70.5 Å². The quantitative estimate of drug-likeness (QED) is 0.369. The molecule has 0 unspecified atom stereocenters. The number of carbonyl (C=O) groups is 2. The van der Waals surface area contributed by atoms with Crippen LogP contribution in [0, 0.1) is 34.6 Å². The summed E-state index contributed by atoms with van der Waals surface area (Å²) in [5.74, 6) is 0.549. The van der Waals surface area contributed by atoms with Crippen molar-refractivity contribution in [2.45, 2.75) is 79.4 Å². The van der Waals surface area contributed by atoms with E-state index in [2.05, 4.69) is 44.0 Å². The smallest absolute Gasteiger partial charge is 0.322 e. The van der Waals surface area contributed by atoms with E-state index >= 15 is 0 Å². The zero-order chi connectivity index (χ0) is 28.1. The molecule has 4 rings (SSSR count). The fourth-order valence-electron chi connectivity index (χ4n) is 5.46. The van der Waals surface area contributed by atoms with Crippen molar-refractivity contribution in [2.75, 3.05) is 25.0 Å². The summed E-state index contributed by atoms with van der Waals surface area (Å²) in [7, 11) is 0. The minimum absolute atomic E-state index is 0.0585. The molecule has 0 bridgehead atoms. The molecule has 1 fully saturated rings. The number of aromatic nitrogens is 2. The first-order valence-corrected chi connectivity index (χ1v) is 14.6. The summed E-state index contributed by atoms with van der Waals surface area (Å²) in [6, 6.07) is 4.35. The summed E-state index contributed by atoms with van der Waals surface area (Å²) in [6.07, 6.45) is 2.64. The van der Waals surface area contributed by atoms with Crippen LogP contribution in [0.3, 0.4) is 0 Å². The van der Waals surface area contributed by atoms with Crippen LogP contribution in [0.2, 0.25) is 0 Å². The van der Waals surface area contributed by atoms with Gasteiger partial charge in [-0.05, 0) is 94.8 Å². The lowest BCUT2D eigenvalue weighted by atomic mass is 10.0. The maximum Gasteiger partial charge on any atom is 0.322 e. The Morgan fingerprint density at radius 2 is 1.92 bits per heavy atom. The highest BCUT2D eigenvalue weighted by atomic mass is 32.1. The number of piperidine rings is 1. The number of hydrogen-bond acceptors (Lipinski definition) is 7. The molecule has 4 heterocycles. The lowest BCUT2D eigenvalue weighted by Gasteiger charge is -2.40. The molecule has 9 nitrogen and oxygen atoms in total. The average Bonchev–Trinajstić information content (AvgIpc) is 3.52. The summed E-state index contributed by atoms with van der Waals surface area (Å²) in [4.78, 5) is 35.1. The Balaban J connectivity index is 1.31. The first-order valence-electron chi connectivity index (χ1n) is 13.6. The molecule has 39 heavy (non-hydrogen) atoms. The van der Waals surface area contributed by atoms with Crippen LogP contribution in [-0.2, 0) is 6.54 Å². The number of pyridine rings is 1. The topological polar surface area (TPSA) is 104 Å². The molecule has 0 radical (unpaired) electrons. The molecular formula is C29H40N6O3S. The van der Waals surface area contributed by atoms with Gasteiger partial charge >= 0.3 is 6.03 Å². The zero-order valence-electron chi connectivity index (χ0n) is 23.8. The number of carbonyl (C=O) groups excluding carboxylic acids is 2. The SMILES string of the molecule is Cc1cc(C)c(C(=O)NCC[C@@H](C)N2CCC(N(Cc3ccsc3)C(=O)Nc3c(C)noc3C)CC2)c(C)n1. The van der Waals surface area contributed by atoms with E-state index in [0.29, 0.717) is 41.8 Å². The van der Waals surface area contributed by atoms with Crippen molar-refractivity contribution in [3.63, 3.8) is 0 Å². The first-order chi connectivity index (χ1) is 18.6. The second-order valence-electron chi connectivity index (χ2n) is 10.6. The molecule has 1 saturated heterocycles. The van der Waals surface area contributed by atoms with Gasteiger partial charge in [0.1, 0.15) is 11.4 Å². The number of hydrogen-bond donors (Lipinski definition) is 2. The van der Waals surface area contributed by atoms with Crippen LogP contribution < -0.4 is 10.6 Å². The summed E-state index contributed by atoms with van der Waals surface area (Å²) < 4.78 is 5.24. The monoisotopic (exact) mass is 552 g/mol. The lowest BCUT2D eigenvalue weighted by Crippen LogP contribution is -2.50. The third-order valence-corrected chi connectivity index (χ3v) is 8.35. The molecule has 0 aliphatic carbocycles. The van der Waals surface area contributed by atoms with Gasteiger partial charge in [0, 0.05) is 44.0 Å². The highest BCUT2D eigenvalue weighted by molar-refractivity contribution is 7.07. The summed E-state index contributed by atoms with van der Waals surface area (Å²) in [6.45, 7) is 14.6. The van der Waals surface area contributed by atoms with Gasteiger partial charge in [-0.15, -0.1) is 0 Å². The highest BCUT2D eigenvalue weighted by Gasteiger charge is 2.30. The number of nitrogens with one attached hydrogen (secondary N) is 2. The molecule has 1 aliphatic rings. The van der Waals surface area contributed by atoms with Crippen LogP contribution in [0.4, 0.5) is 10.5 Å². The fraction of sp³-hybridized carbons (Fsp3) is 0.517. The van der Waals surface area contributed by atoms with Gasteiger partial charge in [0.05, 0.1) is 11.3 Å². The van der Waals surface area contributed by atoms with E-state index in [1.54, 1.807) is 18.3 Å². The number of nitrogens with zero attached hydrogens (tertiary/aromatic N) is 4. The highest BCUT2D eigenvalue weighted by Crippen LogP contribution is 2.25. The van der Waals surface area contributed by atoms with E-state index in [9.17, 15) is 9.59 Å². The van der Waals surface area contributed by atoms with Crippen LogP contribution >= 0.6 is 11.3 Å². The van der Waals surface area contributed by atoms with Crippen molar-refractivity contribution in [3.05, 3.63) is 62.4 Å². The molecular weight excluding hydrogens is 512 g/mol. The number of anilines is 1. The van der Waals surface area contributed by atoms with E-state index in [1.165, 1.54) is 0 Å². The minimum atomic E-state index is -0.124. The predicted octanol–water partition coefficient (Wildman–Crippen LogP) is 5.38. The van der Waals surface area contributed by atoms with E-state index in [0.717, 1.165) is 54.9 Å². The predicted molar refractivity (Wildman–Crippen MR) is 154 cm³/mol. The minimum Gasteiger partial charge on any atom is -0.359 e. The van der Waals surface area contributed by atoms with Crippen LogP contribution in [0.25, 0.3) is 0 Å². The first kappa shape index (κ1) is 28.8. The number of rotatable bonds is 9. The molecule has 2 N–H and O–H groups in total. The van der Waals surface area contributed by atoms with Gasteiger partial charge < -0.3 is 25.0 Å². The van der Waals surface area contributed by atoms with E-state index < -0.39 is 0 Å². The normalized spacial score (nSPS) is 15.2. The van der Waals surface area contributed by atoms with Crippen molar-refractivity contribution >= 4 is 29.0 Å². The standard InChI is InChI=1S/C29H40N6O3S/c1-18-15-19(2)31-21(4)26(18)28(36)30-11-7-20(3)34-12-8-25(9-13-34)35(16-24-10-14-39-17-24)29(37)32-27-22(5)33-38-23(27)6/h10,14-15,17,20,25H,7-9,11-13,16H2,1-6H3,(H,30,36)(H,32,37)/t20-/m1/s1. The Morgan fingerprint density at radius 1 is 1.18 bits per heavy atom. The van der Waals surface area contributed by atoms with Crippen molar-refractivity contribution < 1.29 is 14.1 Å². The van der Waals surface area contributed by atoms with Crippen LogP contribution in [0.15, 0.2) is 27.4 Å². The number of aryl methyl sites for hydroxylation is 5. The van der Waals surface area contributed by atoms with E-state index in [-0.39, 0.29) is 18.0 Å². The number of likely N-dealkylation sites (tertiary alicyclic amines) is 1. The molecule has 0 aromatic carbocycles. The maximum atomic E-state index is 13.4. The van der Waals surface area contributed by atoms with Crippen molar-refractivity contribution in [1.29, 1.82) is 0 Å². The Labute approximate surface area is 235 Å². The van der Waals surface area contributed by atoms with Crippen LogP contribution in [-0.4, -0.2) is 63.6 Å². The lowest BCUT2D eigenvalue weighted by molar-refractivity contribution is 0.0918. The largest absolute Gasteiger partial charge is 0.359 e. The molecule has 3 aromatic heterocycles. The van der Waals surface area contributed by atoms with Gasteiger partial charge in [0.2, 0.25) is 0 Å². The Bertz CT molecular complexity index is 1240. The van der Waals surface area contributed by atoms with Gasteiger partial charge in [0.25, 0.3) is 5.91 Å². The average molecular weight is 553 g/mol. The second-order valence-corrected chi connectivity index (χ2v) is 11.4. The second kappa shape index (κ2) is 12.7. The Kier molecular flexibility index (Phi) is 9.40. The molecule has 1 atom stereocenters. The van der Waals surface area contributed by atoms with Crippen molar-refractivity contribution in [2.24, 2.45) is 0 Å². The third-order valence-electron chi connectivity index (χ3n) is 7.62. The van der Waals surface area contributed by atoms with Crippen molar-refractivity contribution in [1.82, 2.24) is 25.3 Å². The fourth-order valence-corrected chi connectivity index (χ4v) is 6.12. The molecule has 10 heteroatoms. The van der Waals surface area contributed by atoms with Gasteiger partial charge in [-0.3, -0.25) is 9.78 Å². The number of thiophene rings is 1. The maximum absolute atomic E-state index is 13.4.